The highest BCUT2D eigenvalue weighted by atomic mass is 16.5. The van der Waals surface area contributed by atoms with Crippen LogP contribution < -0.4 is 10.6 Å². The van der Waals surface area contributed by atoms with Crippen LogP contribution in [0.1, 0.15) is 44.9 Å². The molecule has 0 aromatic carbocycles. The Bertz CT molecular complexity index is 534. The molecule has 6 heteroatoms. The van der Waals surface area contributed by atoms with E-state index in [1.807, 2.05) is 0 Å². The summed E-state index contributed by atoms with van der Waals surface area (Å²) in [6.45, 7) is 4.14. The number of ether oxygens (including phenoxy) is 1. The number of rotatable bonds is 6. The highest BCUT2D eigenvalue weighted by molar-refractivity contribution is 5.94. The maximum Gasteiger partial charge on any atom is 0.338 e. The van der Waals surface area contributed by atoms with Crippen LogP contribution >= 0.6 is 0 Å². The van der Waals surface area contributed by atoms with Crippen LogP contribution in [0.15, 0.2) is 34.1 Å². The summed E-state index contributed by atoms with van der Waals surface area (Å²) in [7, 11) is 0. The third-order valence-electron chi connectivity index (χ3n) is 3.30. The number of amides is 2. The Labute approximate surface area is 123 Å². The monoisotopic (exact) mass is 292 g/mol. The Hall–Kier alpha value is -2.24. The van der Waals surface area contributed by atoms with Crippen molar-refractivity contribution < 1.29 is 18.7 Å². The average Bonchev–Trinajstić information content (AvgIpc) is 2.96. The highest BCUT2D eigenvalue weighted by Gasteiger charge is 2.33. The minimum absolute atomic E-state index is 0.364. The first kappa shape index (κ1) is 15.2. The lowest BCUT2D eigenvalue weighted by molar-refractivity contribution is -0.139. The van der Waals surface area contributed by atoms with Gasteiger partial charge in [0.1, 0.15) is 11.8 Å². The van der Waals surface area contributed by atoms with Gasteiger partial charge in [-0.25, -0.2) is 9.59 Å². The predicted molar refractivity (Wildman–Crippen MR) is 76.3 cm³/mol. The number of unbranched alkanes of at least 4 members (excludes halogenated alkanes) is 2. The van der Waals surface area contributed by atoms with Crippen molar-refractivity contribution >= 4 is 12.0 Å². The molecule has 0 saturated carbocycles. The van der Waals surface area contributed by atoms with E-state index in [2.05, 4.69) is 17.6 Å². The fraction of sp³-hybridized carbons (Fsp3) is 0.467. The van der Waals surface area contributed by atoms with Gasteiger partial charge in [-0.05, 0) is 25.5 Å². The highest BCUT2D eigenvalue weighted by Crippen LogP contribution is 2.27. The summed E-state index contributed by atoms with van der Waals surface area (Å²) in [5.74, 6) is 0.0715. The van der Waals surface area contributed by atoms with Gasteiger partial charge in [0.05, 0.1) is 18.4 Å². The molecule has 1 aromatic rings. The van der Waals surface area contributed by atoms with Crippen molar-refractivity contribution in [2.24, 2.45) is 0 Å². The van der Waals surface area contributed by atoms with E-state index in [9.17, 15) is 9.59 Å². The van der Waals surface area contributed by atoms with Crippen molar-refractivity contribution in [3.63, 3.8) is 0 Å². The van der Waals surface area contributed by atoms with E-state index in [0.29, 0.717) is 23.6 Å². The summed E-state index contributed by atoms with van der Waals surface area (Å²) in [4.78, 5) is 23.9. The number of furan rings is 1. The molecule has 0 fully saturated rings. The zero-order valence-electron chi connectivity index (χ0n) is 12.3. The Morgan fingerprint density at radius 2 is 2.24 bits per heavy atom. The van der Waals surface area contributed by atoms with Crippen LogP contribution in [0.3, 0.4) is 0 Å². The first-order chi connectivity index (χ1) is 10.1. The van der Waals surface area contributed by atoms with E-state index in [1.54, 1.807) is 19.1 Å². The molecule has 21 heavy (non-hydrogen) atoms. The third-order valence-corrected chi connectivity index (χ3v) is 3.30. The Morgan fingerprint density at radius 1 is 1.43 bits per heavy atom. The molecule has 1 aromatic heterocycles. The van der Waals surface area contributed by atoms with Gasteiger partial charge in [0.2, 0.25) is 0 Å². The summed E-state index contributed by atoms with van der Waals surface area (Å²) in [6.07, 6.45) is 4.41. The standard InChI is InChI=1S/C15H20N2O4/c1-3-4-5-8-21-14(18)12-10(2)16-15(19)17-13(12)11-7-6-9-20-11/h6-7,9,13H,3-5,8H2,1-2H3,(H2,16,17,19)/t13-/m0/s1. The molecule has 0 aliphatic carbocycles. The van der Waals surface area contributed by atoms with Gasteiger partial charge in [0.25, 0.3) is 0 Å². The summed E-state index contributed by atoms with van der Waals surface area (Å²) in [6, 6.07) is 2.45. The van der Waals surface area contributed by atoms with E-state index in [4.69, 9.17) is 9.15 Å². The zero-order valence-corrected chi connectivity index (χ0v) is 12.3. The molecule has 0 bridgehead atoms. The van der Waals surface area contributed by atoms with E-state index >= 15 is 0 Å². The van der Waals surface area contributed by atoms with Crippen molar-refractivity contribution in [3.8, 4) is 0 Å². The summed E-state index contributed by atoms with van der Waals surface area (Å²) in [5, 5.41) is 5.27. The van der Waals surface area contributed by atoms with Crippen molar-refractivity contribution in [1.29, 1.82) is 0 Å². The van der Waals surface area contributed by atoms with Crippen molar-refractivity contribution in [2.45, 2.75) is 39.2 Å². The predicted octanol–water partition coefficient (Wildman–Crippen LogP) is 2.64. The number of carbonyl (C=O) groups is 2. The average molecular weight is 292 g/mol. The van der Waals surface area contributed by atoms with Crippen molar-refractivity contribution in [2.75, 3.05) is 6.61 Å². The van der Waals surface area contributed by atoms with Gasteiger partial charge in [-0.1, -0.05) is 19.8 Å². The van der Waals surface area contributed by atoms with Crippen LogP contribution in [0.25, 0.3) is 0 Å². The normalized spacial score (nSPS) is 18.2. The van der Waals surface area contributed by atoms with Gasteiger partial charge < -0.3 is 19.8 Å². The molecule has 0 radical (unpaired) electrons. The van der Waals surface area contributed by atoms with Crippen LogP contribution in [-0.2, 0) is 9.53 Å². The van der Waals surface area contributed by atoms with Gasteiger partial charge in [0.15, 0.2) is 0 Å². The largest absolute Gasteiger partial charge is 0.467 e. The zero-order chi connectivity index (χ0) is 15.2. The first-order valence-electron chi connectivity index (χ1n) is 7.12. The molecule has 1 aliphatic heterocycles. The second-order valence-electron chi connectivity index (χ2n) is 4.93. The van der Waals surface area contributed by atoms with Gasteiger partial charge in [-0.3, -0.25) is 0 Å². The lowest BCUT2D eigenvalue weighted by Gasteiger charge is -2.26. The molecule has 1 aliphatic rings. The number of hydrogen-bond acceptors (Lipinski definition) is 4. The topological polar surface area (TPSA) is 80.6 Å². The van der Waals surface area contributed by atoms with E-state index in [0.717, 1.165) is 19.3 Å². The number of urea groups is 1. The van der Waals surface area contributed by atoms with Gasteiger partial charge in [0, 0.05) is 5.70 Å². The summed E-state index contributed by atoms with van der Waals surface area (Å²) in [5.41, 5.74) is 0.863. The Kier molecular flexibility index (Phi) is 5.03. The molecule has 0 unspecified atom stereocenters. The minimum Gasteiger partial charge on any atom is -0.467 e. The molecule has 6 nitrogen and oxygen atoms in total. The van der Waals surface area contributed by atoms with Crippen LogP contribution in [0.5, 0.6) is 0 Å². The van der Waals surface area contributed by atoms with E-state index in [1.165, 1.54) is 6.26 Å². The summed E-state index contributed by atoms with van der Waals surface area (Å²) < 4.78 is 10.6. The van der Waals surface area contributed by atoms with Crippen LogP contribution in [0.4, 0.5) is 4.79 Å². The minimum atomic E-state index is -0.618. The molecule has 2 N–H and O–H groups in total. The quantitative estimate of drug-likeness (QED) is 0.624. The van der Waals surface area contributed by atoms with Gasteiger partial charge in [-0.2, -0.15) is 0 Å². The van der Waals surface area contributed by atoms with E-state index < -0.39 is 12.0 Å². The number of nitrogens with one attached hydrogen (secondary N) is 2. The van der Waals surface area contributed by atoms with Crippen LogP contribution in [0, 0.1) is 0 Å². The number of allylic oxidation sites excluding steroid dienone is 1. The summed E-state index contributed by atoms with van der Waals surface area (Å²) >= 11 is 0. The van der Waals surface area contributed by atoms with Crippen molar-refractivity contribution in [3.05, 3.63) is 35.4 Å². The molecule has 2 heterocycles. The molecule has 114 valence electrons. The molecule has 0 spiro atoms. The second-order valence-corrected chi connectivity index (χ2v) is 4.93. The van der Waals surface area contributed by atoms with Gasteiger partial charge in [-0.15, -0.1) is 0 Å². The second kappa shape index (κ2) is 6.97. The van der Waals surface area contributed by atoms with E-state index in [-0.39, 0.29) is 6.03 Å². The van der Waals surface area contributed by atoms with Gasteiger partial charge >= 0.3 is 12.0 Å². The SMILES string of the molecule is CCCCCOC(=O)C1=C(C)NC(=O)N[C@H]1c1ccco1. The maximum atomic E-state index is 12.3. The number of esters is 1. The lowest BCUT2D eigenvalue weighted by atomic mass is 10.0. The fourth-order valence-corrected chi connectivity index (χ4v) is 2.23. The molecular formula is C15H20N2O4. The third kappa shape index (κ3) is 3.65. The molecule has 0 saturated heterocycles. The maximum absolute atomic E-state index is 12.3. The molecular weight excluding hydrogens is 272 g/mol. The number of carbonyl (C=O) groups excluding carboxylic acids is 2. The number of hydrogen-bond donors (Lipinski definition) is 2. The van der Waals surface area contributed by atoms with Crippen LogP contribution in [0.2, 0.25) is 0 Å². The Balaban J connectivity index is 2.14. The van der Waals surface area contributed by atoms with Crippen molar-refractivity contribution in [1.82, 2.24) is 10.6 Å². The molecule has 2 amide bonds. The fourth-order valence-electron chi connectivity index (χ4n) is 2.23. The molecule has 2 rings (SSSR count). The Morgan fingerprint density at radius 3 is 2.90 bits per heavy atom. The lowest BCUT2D eigenvalue weighted by Crippen LogP contribution is -2.45. The smallest absolute Gasteiger partial charge is 0.338 e. The molecule has 1 atom stereocenters. The first-order valence-corrected chi connectivity index (χ1v) is 7.12. The van der Waals surface area contributed by atoms with Crippen LogP contribution in [-0.4, -0.2) is 18.6 Å².